The fourth-order valence-electron chi connectivity index (χ4n) is 1.50. The largest absolute Gasteiger partial charge is 0.349 e. The quantitative estimate of drug-likeness (QED) is 0.502. The highest BCUT2D eigenvalue weighted by molar-refractivity contribution is 5.96. The molecule has 0 fully saturated rings. The van der Waals surface area contributed by atoms with Crippen molar-refractivity contribution in [3.05, 3.63) is 39.4 Å². The van der Waals surface area contributed by atoms with Gasteiger partial charge in [-0.15, -0.1) is 12.3 Å². The van der Waals surface area contributed by atoms with Crippen molar-refractivity contribution >= 4 is 11.6 Å². The summed E-state index contributed by atoms with van der Waals surface area (Å²) in [4.78, 5) is 22.1. The summed E-state index contributed by atoms with van der Waals surface area (Å²) < 4.78 is 0. The lowest BCUT2D eigenvalue weighted by atomic mass is 10.1. The van der Waals surface area contributed by atoms with Gasteiger partial charge in [0.15, 0.2) is 0 Å². The molecular formula is C13H14N2O3. The molecule has 0 saturated carbocycles. The molecule has 1 aromatic rings. The summed E-state index contributed by atoms with van der Waals surface area (Å²) in [5.41, 5.74) is 0.884. The van der Waals surface area contributed by atoms with E-state index in [1.165, 1.54) is 12.1 Å². The molecule has 0 aromatic heterocycles. The summed E-state index contributed by atoms with van der Waals surface area (Å²) in [7, 11) is 0. The summed E-state index contributed by atoms with van der Waals surface area (Å²) in [5, 5.41) is 13.4. The smallest absolute Gasteiger partial charge is 0.270 e. The van der Waals surface area contributed by atoms with Crippen molar-refractivity contribution in [1.29, 1.82) is 0 Å². The molecule has 0 radical (unpaired) electrons. The van der Waals surface area contributed by atoms with E-state index < -0.39 is 4.92 Å². The summed E-state index contributed by atoms with van der Waals surface area (Å²) >= 11 is 0. The van der Waals surface area contributed by atoms with Crippen molar-refractivity contribution in [2.75, 3.05) is 0 Å². The number of hydrogen-bond donors (Lipinski definition) is 1. The van der Waals surface area contributed by atoms with Gasteiger partial charge in [0.05, 0.1) is 4.92 Å². The minimum Gasteiger partial charge on any atom is -0.349 e. The van der Waals surface area contributed by atoms with Crippen LogP contribution in [0.5, 0.6) is 0 Å². The second kappa shape index (κ2) is 5.82. The van der Waals surface area contributed by atoms with Crippen molar-refractivity contribution in [3.63, 3.8) is 0 Å². The number of amides is 1. The van der Waals surface area contributed by atoms with Crippen LogP contribution in [0.15, 0.2) is 18.2 Å². The Labute approximate surface area is 105 Å². The van der Waals surface area contributed by atoms with E-state index >= 15 is 0 Å². The number of nitro groups is 1. The van der Waals surface area contributed by atoms with Crippen LogP contribution in [0, 0.1) is 29.4 Å². The molecule has 18 heavy (non-hydrogen) atoms. The van der Waals surface area contributed by atoms with Gasteiger partial charge in [0, 0.05) is 30.2 Å². The molecule has 1 rings (SSSR count). The predicted octanol–water partition coefficient (Wildman–Crippen LogP) is 2.04. The van der Waals surface area contributed by atoms with Gasteiger partial charge >= 0.3 is 0 Å². The molecule has 5 nitrogen and oxygen atoms in total. The van der Waals surface area contributed by atoms with E-state index in [1.54, 1.807) is 19.9 Å². The third-order valence-corrected chi connectivity index (χ3v) is 2.48. The van der Waals surface area contributed by atoms with E-state index in [0.717, 1.165) is 0 Å². The SMILES string of the molecule is C#CCC(C)NC(=O)c1cc([N+](=O)[O-])ccc1C. The van der Waals surface area contributed by atoms with Crippen molar-refractivity contribution in [2.24, 2.45) is 0 Å². The fourth-order valence-corrected chi connectivity index (χ4v) is 1.50. The molecule has 0 heterocycles. The van der Waals surface area contributed by atoms with Crippen molar-refractivity contribution in [1.82, 2.24) is 5.32 Å². The summed E-state index contributed by atoms with van der Waals surface area (Å²) in [5.74, 6) is 2.10. The minimum atomic E-state index is -0.527. The normalized spacial score (nSPS) is 11.4. The van der Waals surface area contributed by atoms with Crippen molar-refractivity contribution < 1.29 is 9.72 Å². The highest BCUT2D eigenvalue weighted by Crippen LogP contribution is 2.17. The number of carbonyl (C=O) groups excluding carboxylic acids is 1. The lowest BCUT2D eigenvalue weighted by Gasteiger charge is -2.12. The van der Waals surface area contributed by atoms with Crippen LogP contribution in [0.3, 0.4) is 0 Å². The number of carbonyl (C=O) groups is 1. The van der Waals surface area contributed by atoms with Crippen molar-refractivity contribution in [3.8, 4) is 12.3 Å². The highest BCUT2D eigenvalue weighted by atomic mass is 16.6. The monoisotopic (exact) mass is 246 g/mol. The Morgan fingerprint density at radius 1 is 1.61 bits per heavy atom. The molecule has 1 N–H and O–H groups in total. The van der Waals surface area contributed by atoms with E-state index in [0.29, 0.717) is 17.5 Å². The number of non-ortho nitro benzene ring substituents is 1. The molecule has 94 valence electrons. The van der Waals surface area contributed by atoms with Gasteiger partial charge in [-0.25, -0.2) is 0 Å². The van der Waals surface area contributed by atoms with Crippen LogP contribution in [0.4, 0.5) is 5.69 Å². The first-order valence-electron chi connectivity index (χ1n) is 5.45. The molecule has 1 amide bonds. The Kier molecular flexibility index (Phi) is 4.44. The molecule has 0 saturated heterocycles. The zero-order chi connectivity index (χ0) is 13.7. The molecule has 0 spiro atoms. The Hall–Kier alpha value is -2.35. The van der Waals surface area contributed by atoms with Gasteiger partial charge in [0.25, 0.3) is 11.6 Å². The van der Waals surface area contributed by atoms with E-state index in [4.69, 9.17) is 6.42 Å². The van der Waals surface area contributed by atoms with Gasteiger partial charge in [-0.05, 0) is 19.4 Å². The third kappa shape index (κ3) is 3.32. The van der Waals surface area contributed by atoms with Crippen LogP contribution in [0.1, 0.15) is 29.3 Å². The predicted molar refractivity (Wildman–Crippen MR) is 68.2 cm³/mol. The first kappa shape index (κ1) is 13.7. The minimum absolute atomic E-state index is 0.102. The highest BCUT2D eigenvalue weighted by Gasteiger charge is 2.15. The molecule has 0 aliphatic rings. The number of aryl methyl sites for hydroxylation is 1. The third-order valence-electron chi connectivity index (χ3n) is 2.48. The Balaban J connectivity index is 2.95. The molecule has 1 atom stereocenters. The zero-order valence-corrected chi connectivity index (χ0v) is 10.3. The van der Waals surface area contributed by atoms with Crippen LogP contribution >= 0.6 is 0 Å². The summed E-state index contributed by atoms with van der Waals surface area (Å²) in [6.07, 6.45) is 5.56. The van der Waals surface area contributed by atoms with Crippen LogP contribution in [-0.4, -0.2) is 16.9 Å². The van der Waals surface area contributed by atoms with E-state index in [2.05, 4.69) is 11.2 Å². The number of hydrogen-bond acceptors (Lipinski definition) is 3. The molecular weight excluding hydrogens is 232 g/mol. The number of nitrogens with one attached hydrogen (secondary N) is 1. The molecule has 0 aliphatic carbocycles. The van der Waals surface area contributed by atoms with Gasteiger partial charge < -0.3 is 5.32 Å². The van der Waals surface area contributed by atoms with Crippen LogP contribution in [0.2, 0.25) is 0 Å². The van der Waals surface area contributed by atoms with E-state index in [9.17, 15) is 14.9 Å². The first-order valence-corrected chi connectivity index (χ1v) is 5.45. The maximum atomic E-state index is 11.9. The maximum Gasteiger partial charge on any atom is 0.270 e. The lowest BCUT2D eigenvalue weighted by molar-refractivity contribution is -0.384. The average molecular weight is 246 g/mol. The Morgan fingerprint density at radius 3 is 2.83 bits per heavy atom. The van der Waals surface area contributed by atoms with Gasteiger partial charge in [-0.3, -0.25) is 14.9 Å². The number of nitrogens with zero attached hydrogens (tertiary/aromatic N) is 1. The van der Waals surface area contributed by atoms with E-state index in [-0.39, 0.29) is 17.6 Å². The number of terminal acetylenes is 1. The molecule has 0 aliphatic heterocycles. The first-order chi connectivity index (χ1) is 8.45. The average Bonchev–Trinajstić information content (AvgIpc) is 2.29. The van der Waals surface area contributed by atoms with Crippen molar-refractivity contribution in [2.45, 2.75) is 26.3 Å². The second-order valence-corrected chi connectivity index (χ2v) is 4.04. The van der Waals surface area contributed by atoms with Crippen LogP contribution < -0.4 is 5.32 Å². The zero-order valence-electron chi connectivity index (χ0n) is 10.3. The van der Waals surface area contributed by atoms with Gasteiger partial charge in [0.2, 0.25) is 0 Å². The van der Waals surface area contributed by atoms with Crippen LogP contribution in [0.25, 0.3) is 0 Å². The summed E-state index contributed by atoms with van der Waals surface area (Å²) in [6.45, 7) is 3.51. The fraction of sp³-hybridized carbons (Fsp3) is 0.308. The maximum absolute atomic E-state index is 11.9. The lowest BCUT2D eigenvalue weighted by Crippen LogP contribution is -2.32. The molecule has 1 unspecified atom stereocenters. The second-order valence-electron chi connectivity index (χ2n) is 4.04. The number of nitro benzene ring substituents is 1. The molecule has 5 heteroatoms. The number of rotatable bonds is 4. The standard InChI is InChI=1S/C13H14N2O3/c1-4-5-10(3)14-13(16)12-8-11(15(17)18)7-6-9(12)2/h1,6-8,10H,5H2,2-3H3,(H,14,16). The van der Waals surface area contributed by atoms with Crippen LogP contribution in [-0.2, 0) is 0 Å². The molecule has 0 bridgehead atoms. The molecule has 1 aromatic carbocycles. The van der Waals surface area contributed by atoms with Gasteiger partial charge in [-0.1, -0.05) is 6.07 Å². The number of benzene rings is 1. The topological polar surface area (TPSA) is 72.2 Å². The Bertz CT molecular complexity index is 517. The Morgan fingerprint density at radius 2 is 2.28 bits per heavy atom. The van der Waals surface area contributed by atoms with Gasteiger partial charge in [0.1, 0.15) is 0 Å². The summed E-state index contributed by atoms with van der Waals surface area (Å²) in [6, 6.07) is 4.03. The van der Waals surface area contributed by atoms with E-state index in [1.807, 2.05) is 0 Å². The van der Waals surface area contributed by atoms with Gasteiger partial charge in [-0.2, -0.15) is 0 Å².